The van der Waals surface area contributed by atoms with Crippen LogP contribution in [0, 0.1) is 30.1 Å². The highest BCUT2D eigenvalue weighted by Gasteiger charge is 2.31. The molecule has 3 atom stereocenters. The van der Waals surface area contributed by atoms with Gasteiger partial charge in [0.25, 0.3) is 0 Å². The molecule has 2 heteroatoms. The number of nitriles is 1. The summed E-state index contributed by atoms with van der Waals surface area (Å²) < 4.78 is 0. The van der Waals surface area contributed by atoms with Gasteiger partial charge < -0.3 is 0 Å². The van der Waals surface area contributed by atoms with Gasteiger partial charge in [-0.3, -0.25) is 4.90 Å². The van der Waals surface area contributed by atoms with E-state index in [0.29, 0.717) is 6.04 Å². The molecule has 2 nitrogen and oxygen atoms in total. The molecule has 19 heavy (non-hydrogen) atoms. The lowest BCUT2D eigenvalue weighted by Gasteiger charge is -2.37. The van der Waals surface area contributed by atoms with Crippen molar-refractivity contribution in [2.45, 2.75) is 45.7 Å². The van der Waals surface area contributed by atoms with E-state index in [0.717, 1.165) is 25.3 Å². The summed E-state index contributed by atoms with van der Waals surface area (Å²) in [7, 11) is 2.17. The van der Waals surface area contributed by atoms with Gasteiger partial charge in [-0.25, -0.2) is 0 Å². The topological polar surface area (TPSA) is 27.0 Å². The molecule has 1 aliphatic rings. The van der Waals surface area contributed by atoms with Crippen molar-refractivity contribution in [2.24, 2.45) is 11.8 Å². The Balaban J connectivity index is 2.08. The number of hydrogen-bond acceptors (Lipinski definition) is 2. The molecule has 1 saturated carbocycles. The summed E-state index contributed by atoms with van der Waals surface area (Å²) >= 11 is 0. The quantitative estimate of drug-likeness (QED) is 0.823. The van der Waals surface area contributed by atoms with Crippen LogP contribution < -0.4 is 0 Å². The van der Waals surface area contributed by atoms with Crippen LogP contribution in [0.3, 0.4) is 0 Å². The van der Waals surface area contributed by atoms with Gasteiger partial charge in [0.1, 0.15) is 0 Å². The predicted octanol–water partition coefficient (Wildman–Crippen LogP) is 3.76. The number of hydrogen-bond donors (Lipinski definition) is 0. The highest BCUT2D eigenvalue weighted by atomic mass is 15.1. The van der Waals surface area contributed by atoms with E-state index in [9.17, 15) is 5.26 Å². The van der Waals surface area contributed by atoms with Gasteiger partial charge in [-0.15, -0.1) is 0 Å². The molecule has 0 spiro atoms. The number of nitrogens with zero attached hydrogens (tertiary/aromatic N) is 2. The number of aryl methyl sites for hydroxylation is 1. The SMILES string of the molecule is Cc1ccccc1CN(C)C1CC(C)CCC1C#N. The summed E-state index contributed by atoms with van der Waals surface area (Å²) in [6.07, 6.45) is 3.41. The maximum absolute atomic E-state index is 9.34. The van der Waals surface area contributed by atoms with E-state index in [1.54, 1.807) is 0 Å². The van der Waals surface area contributed by atoms with E-state index >= 15 is 0 Å². The third-order valence-corrected chi connectivity index (χ3v) is 4.49. The minimum atomic E-state index is 0.199. The number of benzene rings is 1. The third kappa shape index (κ3) is 3.36. The second-order valence-electron chi connectivity index (χ2n) is 6.06. The summed E-state index contributed by atoms with van der Waals surface area (Å²) in [5.74, 6) is 0.944. The van der Waals surface area contributed by atoms with Crippen molar-refractivity contribution in [1.82, 2.24) is 4.90 Å². The highest BCUT2D eigenvalue weighted by molar-refractivity contribution is 5.25. The molecule has 0 amide bonds. The maximum atomic E-state index is 9.34. The Kier molecular flexibility index (Phi) is 4.61. The zero-order chi connectivity index (χ0) is 13.8. The van der Waals surface area contributed by atoms with Crippen molar-refractivity contribution in [1.29, 1.82) is 5.26 Å². The van der Waals surface area contributed by atoms with Crippen molar-refractivity contribution < 1.29 is 0 Å². The largest absolute Gasteiger partial charge is 0.298 e. The summed E-state index contributed by atoms with van der Waals surface area (Å²) in [5.41, 5.74) is 2.71. The molecule has 102 valence electrons. The Labute approximate surface area is 117 Å². The number of rotatable bonds is 3. The Morgan fingerprint density at radius 2 is 2.05 bits per heavy atom. The molecule has 1 fully saturated rings. The van der Waals surface area contributed by atoms with Crippen LogP contribution in [-0.4, -0.2) is 18.0 Å². The smallest absolute Gasteiger partial charge is 0.0672 e. The molecular weight excluding hydrogens is 232 g/mol. The van der Waals surface area contributed by atoms with Crippen molar-refractivity contribution in [3.05, 3.63) is 35.4 Å². The summed E-state index contributed by atoms with van der Waals surface area (Å²) in [6, 6.07) is 11.5. The van der Waals surface area contributed by atoms with Crippen LogP contribution in [0.15, 0.2) is 24.3 Å². The molecular formula is C17H24N2. The van der Waals surface area contributed by atoms with Crippen molar-refractivity contribution in [3.8, 4) is 6.07 Å². The Bertz CT molecular complexity index is 461. The minimum Gasteiger partial charge on any atom is -0.298 e. The van der Waals surface area contributed by atoms with Gasteiger partial charge in [-0.2, -0.15) is 5.26 Å². The lowest BCUT2D eigenvalue weighted by Crippen LogP contribution is -2.41. The summed E-state index contributed by atoms with van der Waals surface area (Å²) in [4.78, 5) is 2.38. The van der Waals surface area contributed by atoms with Crippen LogP contribution in [0.2, 0.25) is 0 Å². The molecule has 2 rings (SSSR count). The first-order valence-corrected chi connectivity index (χ1v) is 7.26. The molecule has 0 bridgehead atoms. The highest BCUT2D eigenvalue weighted by Crippen LogP contribution is 2.32. The van der Waals surface area contributed by atoms with Crippen LogP contribution in [-0.2, 0) is 6.54 Å². The normalized spacial score (nSPS) is 27.2. The van der Waals surface area contributed by atoms with E-state index in [2.05, 4.69) is 56.1 Å². The van der Waals surface area contributed by atoms with Crippen LogP contribution in [0.4, 0.5) is 0 Å². The molecule has 1 aliphatic carbocycles. The second kappa shape index (κ2) is 6.21. The van der Waals surface area contributed by atoms with Crippen LogP contribution >= 0.6 is 0 Å². The van der Waals surface area contributed by atoms with E-state index in [-0.39, 0.29) is 5.92 Å². The first-order chi connectivity index (χ1) is 9.11. The molecule has 0 saturated heterocycles. The zero-order valence-electron chi connectivity index (χ0n) is 12.3. The minimum absolute atomic E-state index is 0.199. The maximum Gasteiger partial charge on any atom is 0.0672 e. The van der Waals surface area contributed by atoms with Gasteiger partial charge in [0.05, 0.1) is 12.0 Å². The third-order valence-electron chi connectivity index (χ3n) is 4.49. The standard InChI is InChI=1S/C17H24N2/c1-13-8-9-15(11-18)17(10-13)19(3)12-16-7-5-4-6-14(16)2/h4-7,13,15,17H,8-10,12H2,1-3H3. The monoisotopic (exact) mass is 256 g/mol. The van der Waals surface area contributed by atoms with Crippen molar-refractivity contribution >= 4 is 0 Å². The first kappa shape index (κ1) is 14.1. The van der Waals surface area contributed by atoms with E-state index in [1.165, 1.54) is 17.5 Å². The van der Waals surface area contributed by atoms with E-state index < -0.39 is 0 Å². The van der Waals surface area contributed by atoms with Crippen molar-refractivity contribution in [2.75, 3.05) is 7.05 Å². The van der Waals surface area contributed by atoms with Crippen LogP contribution in [0.25, 0.3) is 0 Å². The molecule has 0 aliphatic heterocycles. The molecule has 0 radical (unpaired) electrons. The van der Waals surface area contributed by atoms with Crippen molar-refractivity contribution in [3.63, 3.8) is 0 Å². The zero-order valence-corrected chi connectivity index (χ0v) is 12.3. The van der Waals surface area contributed by atoms with Gasteiger partial charge in [-0.1, -0.05) is 31.2 Å². The Hall–Kier alpha value is -1.33. The lowest BCUT2D eigenvalue weighted by atomic mass is 9.79. The molecule has 1 aromatic carbocycles. The molecule has 0 aromatic heterocycles. The summed E-state index contributed by atoms with van der Waals surface area (Å²) in [5, 5.41) is 9.34. The fourth-order valence-corrected chi connectivity index (χ4v) is 3.16. The van der Waals surface area contributed by atoms with Gasteiger partial charge in [0.2, 0.25) is 0 Å². The summed E-state index contributed by atoms with van der Waals surface area (Å²) in [6.45, 7) is 5.42. The Morgan fingerprint density at radius 3 is 2.74 bits per heavy atom. The van der Waals surface area contributed by atoms with Gasteiger partial charge in [-0.05, 0) is 50.3 Å². The fourth-order valence-electron chi connectivity index (χ4n) is 3.16. The molecule has 3 unspecified atom stereocenters. The average Bonchev–Trinajstić information content (AvgIpc) is 2.41. The van der Waals surface area contributed by atoms with E-state index in [4.69, 9.17) is 0 Å². The van der Waals surface area contributed by atoms with Crippen LogP contribution in [0.1, 0.15) is 37.3 Å². The molecule has 0 heterocycles. The first-order valence-electron chi connectivity index (χ1n) is 7.26. The average molecular weight is 256 g/mol. The molecule has 1 aromatic rings. The van der Waals surface area contributed by atoms with Gasteiger partial charge in [0, 0.05) is 12.6 Å². The lowest BCUT2D eigenvalue weighted by molar-refractivity contribution is 0.125. The van der Waals surface area contributed by atoms with Crippen LogP contribution in [0.5, 0.6) is 0 Å². The van der Waals surface area contributed by atoms with Gasteiger partial charge in [0.15, 0.2) is 0 Å². The Morgan fingerprint density at radius 1 is 1.32 bits per heavy atom. The molecule has 0 N–H and O–H groups in total. The predicted molar refractivity (Wildman–Crippen MR) is 78.6 cm³/mol. The second-order valence-corrected chi connectivity index (χ2v) is 6.06. The fraction of sp³-hybridized carbons (Fsp3) is 0.588. The van der Waals surface area contributed by atoms with E-state index in [1.807, 2.05) is 0 Å². The van der Waals surface area contributed by atoms with Gasteiger partial charge >= 0.3 is 0 Å².